The fourth-order valence-corrected chi connectivity index (χ4v) is 3.17. The highest BCUT2D eigenvalue weighted by Crippen LogP contribution is 2.30. The van der Waals surface area contributed by atoms with Crippen molar-refractivity contribution in [2.75, 3.05) is 0 Å². The number of furan rings is 1. The molecule has 116 valence electrons. The second-order valence-corrected chi connectivity index (χ2v) is 6.53. The fourth-order valence-electron chi connectivity index (χ4n) is 2.15. The van der Waals surface area contributed by atoms with Gasteiger partial charge < -0.3 is 9.73 Å². The van der Waals surface area contributed by atoms with Crippen LogP contribution in [0.4, 0.5) is 5.69 Å². The molecule has 1 aromatic heterocycles. The third-order valence-corrected chi connectivity index (χ3v) is 4.38. The van der Waals surface area contributed by atoms with Crippen molar-refractivity contribution in [3.63, 3.8) is 0 Å². The fraction of sp³-hybridized carbons (Fsp3) is 0.0667. The number of hydrogen-bond acceptors (Lipinski definition) is 6. The molecular weight excluding hydrogens is 336 g/mol. The Hall–Kier alpha value is -2.45. The molecule has 1 aromatic carbocycles. The monoisotopic (exact) mass is 346 g/mol. The van der Waals surface area contributed by atoms with E-state index in [4.69, 9.17) is 16.6 Å². The average Bonchev–Trinajstić information content (AvgIpc) is 3.06. The van der Waals surface area contributed by atoms with Crippen molar-refractivity contribution >= 4 is 46.0 Å². The number of carbonyl (C=O) groups is 1. The number of amides is 1. The van der Waals surface area contributed by atoms with E-state index in [0.717, 1.165) is 5.56 Å². The van der Waals surface area contributed by atoms with Crippen molar-refractivity contribution in [3.8, 4) is 11.3 Å². The van der Waals surface area contributed by atoms with E-state index in [1.54, 1.807) is 37.3 Å². The molecule has 6 nitrogen and oxygen atoms in total. The van der Waals surface area contributed by atoms with Crippen molar-refractivity contribution < 1.29 is 14.1 Å². The van der Waals surface area contributed by atoms with Crippen LogP contribution in [0, 0.1) is 17.0 Å². The quantitative estimate of drug-likeness (QED) is 0.395. The summed E-state index contributed by atoms with van der Waals surface area (Å²) >= 11 is 6.10. The van der Waals surface area contributed by atoms with Gasteiger partial charge in [0.15, 0.2) is 0 Å². The van der Waals surface area contributed by atoms with E-state index in [1.165, 1.54) is 17.8 Å². The summed E-state index contributed by atoms with van der Waals surface area (Å²) < 4.78 is 6.10. The zero-order chi connectivity index (χ0) is 16.6. The smallest absolute Gasteiger partial charge is 0.272 e. The highest BCUT2D eigenvalue weighted by atomic mass is 32.2. The van der Waals surface area contributed by atoms with E-state index in [0.29, 0.717) is 26.3 Å². The molecule has 23 heavy (non-hydrogen) atoms. The van der Waals surface area contributed by atoms with Gasteiger partial charge in [0.2, 0.25) is 0 Å². The normalized spacial score (nSPS) is 16.0. The van der Waals surface area contributed by atoms with Gasteiger partial charge in [0.25, 0.3) is 11.6 Å². The molecule has 1 fully saturated rings. The standard InChI is InChI=1S/C15H10N2O4S2/c1-8-6-9(2-4-11(8)17(19)20)12-5-3-10(21-12)7-13-14(18)16-15(22)23-13/h2-7H,1H3,(H,16,18,22)/b13-7+. The maximum atomic E-state index is 11.6. The van der Waals surface area contributed by atoms with Crippen molar-refractivity contribution in [1.29, 1.82) is 0 Å². The molecule has 1 amide bonds. The molecule has 1 saturated heterocycles. The molecule has 0 spiro atoms. The van der Waals surface area contributed by atoms with E-state index in [2.05, 4.69) is 5.32 Å². The van der Waals surface area contributed by atoms with Gasteiger partial charge in [-0.2, -0.15) is 0 Å². The third-order valence-electron chi connectivity index (χ3n) is 3.22. The van der Waals surface area contributed by atoms with Gasteiger partial charge in [-0.3, -0.25) is 14.9 Å². The average molecular weight is 346 g/mol. The van der Waals surface area contributed by atoms with Gasteiger partial charge in [-0.25, -0.2) is 0 Å². The molecule has 0 atom stereocenters. The minimum atomic E-state index is -0.421. The van der Waals surface area contributed by atoms with Crippen molar-refractivity contribution in [2.24, 2.45) is 0 Å². The zero-order valence-electron chi connectivity index (χ0n) is 11.9. The van der Waals surface area contributed by atoms with E-state index in [9.17, 15) is 14.9 Å². The van der Waals surface area contributed by atoms with Crippen LogP contribution < -0.4 is 5.32 Å². The van der Waals surface area contributed by atoms with Crippen LogP contribution in [-0.2, 0) is 4.79 Å². The molecule has 0 radical (unpaired) electrons. The first-order chi connectivity index (χ1) is 10.9. The van der Waals surface area contributed by atoms with E-state index in [1.807, 2.05) is 0 Å². The van der Waals surface area contributed by atoms with Gasteiger partial charge >= 0.3 is 0 Å². The topological polar surface area (TPSA) is 85.4 Å². The molecule has 3 rings (SSSR count). The van der Waals surface area contributed by atoms with Crippen molar-refractivity contribution in [3.05, 3.63) is 56.7 Å². The number of nitrogens with zero attached hydrogens (tertiary/aromatic N) is 1. The number of nitrogens with one attached hydrogen (secondary N) is 1. The van der Waals surface area contributed by atoms with Crippen LogP contribution in [0.2, 0.25) is 0 Å². The molecule has 0 bridgehead atoms. The first-order valence-corrected chi connectivity index (χ1v) is 7.76. The Morgan fingerprint density at radius 2 is 2.13 bits per heavy atom. The number of thiocarbonyl (C=S) groups is 1. The molecule has 2 heterocycles. The molecule has 0 aliphatic carbocycles. The lowest BCUT2D eigenvalue weighted by molar-refractivity contribution is -0.385. The lowest BCUT2D eigenvalue weighted by atomic mass is 10.1. The predicted molar refractivity (Wildman–Crippen MR) is 91.8 cm³/mol. The maximum Gasteiger partial charge on any atom is 0.272 e. The number of hydrogen-bond donors (Lipinski definition) is 1. The van der Waals surface area contributed by atoms with Crippen LogP contribution in [0.5, 0.6) is 0 Å². The zero-order valence-corrected chi connectivity index (χ0v) is 13.5. The Morgan fingerprint density at radius 3 is 2.74 bits per heavy atom. The molecule has 1 aliphatic rings. The number of rotatable bonds is 3. The van der Waals surface area contributed by atoms with Crippen LogP contribution in [0.3, 0.4) is 0 Å². The van der Waals surface area contributed by atoms with Crippen molar-refractivity contribution in [1.82, 2.24) is 5.32 Å². The number of nitro groups is 1. The number of nitro benzene ring substituents is 1. The molecular formula is C15H10N2O4S2. The first kappa shape index (κ1) is 15.4. The molecule has 1 aliphatic heterocycles. The summed E-state index contributed by atoms with van der Waals surface area (Å²) in [5.41, 5.74) is 1.35. The summed E-state index contributed by atoms with van der Waals surface area (Å²) in [5, 5.41) is 13.4. The number of thioether (sulfide) groups is 1. The van der Waals surface area contributed by atoms with Gasteiger partial charge in [0.1, 0.15) is 15.8 Å². The second-order valence-electron chi connectivity index (χ2n) is 4.81. The summed E-state index contributed by atoms with van der Waals surface area (Å²) in [6.07, 6.45) is 1.61. The van der Waals surface area contributed by atoms with Crippen LogP contribution in [-0.4, -0.2) is 15.2 Å². The summed E-state index contributed by atoms with van der Waals surface area (Å²) in [7, 11) is 0. The van der Waals surface area contributed by atoms with E-state index >= 15 is 0 Å². The Kier molecular flexibility index (Phi) is 4.01. The van der Waals surface area contributed by atoms with Crippen LogP contribution in [0.25, 0.3) is 17.4 Å². The largest absolute Gasteiger partial charge is 0.457 e. The molecule has 0 saturated carbocycles. The van der Waals surface area contributed by atoms with Crippen LogP contribution >= 0.6 is 24.0 Å². The Morgan fingerprint density at radius 1 is 1.35 bits per heavy atom. The van der Waals surface area contributed by atoms with Gasteiger partial charge in [0.05, 0.1) is 9.83 Å². The highest BCUT2D eigenvalue weighted by Gasteiger charge is 2.22. The lowest BCUT2D eigenvalue weighted by Crippen LogP contribution is -2.17. The number of carbonyl (C=O) groups excluding carboxylic acids is 1. The summed E-state index contributed by atoms with van der Waals surface area (Å²) in [6, 6.07) is 8.26. The summed E-state index contributed by atoms with van der Waals surface area (Å²) in [6.45, 7) is 1.67. The Balaban J connectivity index is 1.89. The van der Waals surface area contributed by atoms with Crippen LogP contribution in [0.15, 0.2) is 39.7 Å². The van der Waals surface area contributed by atoms with E-state index < -0.39 is 4.92 Å². The summed E-state index contributed by atoms with van der Waals surface area (Å²) in [4.78, 5) is 22.5. The first-order valence-electron chi connectivity index (χ1n) is 6.54. The lowest BCUT2D eigenvalue weighted by Gasteiger charge is -2.00. The second kappa shape index (κ2) is 5.98. The molecule has 2 aromatic rings. The molecule has 8 heteroatoms. The number of aryl methyl sites for hydroxylation is 1. The van der Waals surface area contributed by atoms with E-state index in [-0.39, 0.29) is 11.6 Å². The van der Waals surface area contributed by atoms with Crippen LogP contribution in [0.1, 0.15) is 11.3 Å². The Bertz CT molecular complexity index is 870. The molecule has 1 N–H and O–H groups in total. The predicted octanol–water partition coefficient (Wildman–Crippen LogP) is 3.65. The SMILES string of the molecule is Cc1cc(-c2ccc(/C=C3/SC(=S)NC3=O)o2)ccc1[N+](=O)[O-]. The van der Waals surface area contributed by atoms with Gasteiger partial charge in [-0.1, -0.05) is 24.0 Å². The third kappa shape index (κ3) is 3.17. The van der Waals surface area contributed by atoms with Gasteiger partial charge in [-0.15, -0.1) is 0 Å². The summed E-state index contributed by atoms with van der Waals surface area (Å²) in [5.74, 6) is 0.836. The molecule has 0 unspecified atom stereocenters. The van der Waals surface area contributed by atoms with Gasteiger partial charge in [0, 0.05) is 23.3 Å². The highest BCUT2D eigenvalue weighted by molar-refractivity contribution is 8.26. The minimum Gasteiger partial charge on any atom is -0.457 e. The van der Waals surface area contributed by atoms with Gasteiger partial charge in [-0.05, 0) is 31.2 Å². The van der Waals surface area contributed by atoms with Crippen molar-refractivity contribution in [2.45, 2.75) is 6.92 Å². The maximum absolute atomic E-state index is 11.6. The number of benzene rings is 1. The Labute approximate surface area is 140 Å². The minimum absolute atomic E-state index is 0.0650.